The number of hydrogen-bond acceptors (Lipinski definition) is 4. The van der Waals surface area contributed by atoms with E-state index < -0.39 is 47.5 Å². The summed E-state index contributed by atoms with van der Waals surface area (Å²) in [7, 11) is 0. The Morgan fingerprint density at radius 1 is 1.28 bits per heavy atom. The Bertz CT molecular complexity index is 458. The summed E-state index contributed by atoms with van der Waals surface area (Å²) in [5.74, 6) is -5.03. The molecule has 2 N–H and O–H groups in total. The molecule has 7 heteroatoms. The number of Topliss-reactive ketones (excluding diaryl/α,β-unsaturated/α-hetero) is 1. The number of rotatable bonds is 2. The predicted molar refractivity (Wildman–Crippen MR) is 56.7 cm³/mol. The Labute approximate surface area is 102 Å². The number of carbonyl (C=O) groups is 4. The monoisotopic (exact) mass is 255 g/mol. The van der Waals surface area contributed by atoms with E-state index in [9.17, 15) is 19.2 Å². The molecule has 0 radical (unpaired) electrons. The number of amides is 1. The predicted octanol–water partition coefficient (Wildman–Crippen LogP) is -0.506. The first kappa shape index (κ1) is 12.5. The van der Waals surface area contributed by atoms with Crippen molar-refractivity contribution in [2.45, 2.75) is 37.8 Å². The van der Waals surface area contributed by atoms with Crippen molar-refractivity contribution >= 4 is 23.6 Å². The summed E-state index contributed by atoms with van der Waals surface area (Å²) in [6.45, 7) is 1.48. The fourth-order valence-electron chi connectivity index (χ4n) is 3.10. The zero-order valence-electron chi connectivity index (χ0n) is 9.75. The van der Waals surface area contributed by atoms with Gasteiger partial charge in [0.05, 0.1) is 12.0 Å². The van der Waals surface area contributed by atoms with Crippen LogP contribution in [0.15, 0.2) is 0 Å². The molecule has 0 aromatic carbocycles. The number of ketones is 1. The molecule has 0 aromatic rings. The molecule has 1 amide bonds. The van der Waals surface area contributed by atoms with Crippen LogP contribution < -0.4 is 0 Å². The maximum absolute atomic E-state index is 11.8. The molecule has 0 aromatic heterocycles. The van der Waals surface area contributed by atoms with Gasteiger partial charge in [0.2, 0.25) is 5.91 Å². The molecule has 2 unspecified atom stereocenters. The van der Waals surface area contributed by atoms with E-state index in [4.69, 9.17) is 10.2 Å². The molecule has 98 valence electrons. The third-order valence-electron chi connectivity index (χ3n) is 3.86. The second-order valence-corrected chi connectivity index (χ2v) is 4.93. The molecule has 0 aliphatic carbocycles. The number of piperidine rings is 1. The van der Waals surface area contributed by atoms with Crippen LogP contribution in [0, 0.1) is 5.92 Å². The Morgan fingerprint density at radius 3 is 2.39 bits per heavy atom. The molecule has 3 atom stereocenters. The standard InChI is InChI=1S/C11H13NO6/c1-11-3-2-5(9(15)16)12(11)7(14)4-6(13)8(11)10(17)18/h5,8H,2-4H2,1H3,(H,15,16)(H,17,18)/t5-,8?,11?/m0/s1. The van der Waals surface area contributed by atoms with Gasteiger partial charge in [-0.1, -0.05) is 0 Å². The lowest BCUT2D eigenvalue weighted by atomic mass is 9.76. The topological polar surface area (TPSA) is 112 Å². The highest BCUT2D eigenvalue weighted by atomic mass is 16.4. The molecule has 0 spiro atoms. The van der Waals surface area contributed by atoms with Gasteiger partial charge in [0.15, 0.2) is 5.78 Å². The largest absolute Gasteiger partial charge is 0.481 e. The molecule has 2 rings (SSSR count). The number of hydrogen-bond donors (Lipinski definition) is 2. The lowest BCUT2D eigenvalue weighted by Gasteiger charge is -2.44. The number of carboxylic acids is 2. The molecular formula is C11H13NO6. The zero-order valence-corrected chi connectivity index (χ0v) is 9.75. The third kappa shape index (κ3) is 1.50. The van der Waals surface area contributed by atoms with E-state index in [1.165, 1.54) is 6.92 Å². The maximum Gasteiger partial charge on any atom is 0.326 e. The molecular weight excluding hydrogens is 242 g/mol. The second-order valence-electron chi connectivity index (χ2n) is 4.93. The highest BCUT2D eigenvalue weighted by Gasteiger charge is 2.60. The van der Waals surface area contributed by atoms with Gasteiger partial charge in [0, 0.05) is 0 Å². The summed E-state index contributed by atoms with van der Waals surface area (Å²) in [5, 5.41) is 18.2. The van der Waals surface area contributed by atoms with E-state index in [0.717, 1.165) is 4.90 Å². The molecule has 7 nitrogen and oxygen atoms in total. The van der Waals surface area contributed by atoms with Gasteiger partial charge < -0.3 is 15.1 Å². The van der Waals surface area contributed by atoms with Crippen molar-refractivity contribution in [2.75, 3.05) is 0 Å². The summed E-state index contributed by atoms with van der Waals surface area (Å²) >= 11 is 0. The van der Waals surface area contributed by atoms with Crippen molar-refractivity contribution in [1.29, 1.82) is 0 Å². The average Bonchev–Trinajstić information content (AvgIpc) is 2.55. The summed E-state index contributed by atoms with van der Waals surface area (Å²) < 4.78 is 0. The average molecular weight is 255 g/mol. The van der Waals surface area contributed by atoms with E-state index in [0.29, 0.717) is 0 Å². The van der Waals surface area contributed by atoms with Crippen LogP contribution in [0.1, 0.15) is 26.2 Å². The van der Waals surface area contributed by atoms with Gasteiger partial charge in [-0.05, 0) is 19.8 Å². The van der Waals surface area contributed by atoms with Gasteiger partial charge in [-0.3, -0.25) is 14.4 Å². The smallest absolute Gasteiger partial charge is 0.326 e. The zero-order chi connectivity index (χ0) is 13.7. The highest BCUT2D eigenvalue weighted by molar-refractivity contribution is 6.11. The SMILES string of the molecule is CC12CC[C@@H](C(=O)O)N1C(=O)CC(=O)C2C(=O)O. The van der Waals surface area contributed by atoms with Crippen LogP contribution in [0.5, 0.6) is 0 Å². The molecule has 2 fully saturated rings. The maximum atomic E-state index is 11.8. The van der Waals surface area contributed by atoms with Crippen LogP contribution in [-0.4, -0.2) is 50.3 Å². The third-order valence-corrected chi connectivity index (χ3v) is 3.86. The fourth-order valence-corrected chi connectivity index (χ4v) is 3.10. The van der Waals surface area contributed by atoms with Gasteiger partial charge in [-0.2, -0.15) is 0 Å². The van der Waals surface area contributed by atoms with Crippen molar-refractivity contribution in [3.05, 3.63) is 0 Å². The summed E-state index contributed by atoms with van der Waals surface area (Å²) in [6.07, 6.45) is -0.149. The Hall–Kier alpha value is -1.92. The van der Waals surface area contributed by atoms with Crippen LogP contribution in [0.2, 0.25) is 0 Å². The molecule has 0 saturated carbocycles. The molecule has 2 aliphatic heterocycles. The van der Waals surface area contributed by atoms with Crippen molar-refractivity contribution in [1.82, 2.24) is 4.90 Å². The minimum atomic E-state index is -1.33. The van der Waals surface area contributed by atoms with Crippen molar-refractivity contribution in [3.8, 4) is 0 Å². The first-order valence-electron chi connectivity index (χ1n) is 5.59. The van der Waals surface area contributed by atoms with E-state index in [1.807, 2.05) is 0 Å². The number of aliphatic carboxylic acids is 2. The summed E-state index contributed by atoms with van der Waals surface area (Å²) in [6, 6.07) is -1.03. The van der Waals surface area contributed by atoms with Gasteiger partial charge in [0.1, 0.15) is 12.0 Å². The number of fused-ring (bicyclic) bond motifs is 1. The van der Waals surface area contributed by atoms with E-state index in [2.05, 4.69) is 0 Å². The number of carboxylic acid groups (broad SMARTS) is 2. The molecule has 2 aliphatic rings. The molecule has 0 bridgehead atoms. The van der Waals surface area contributed by atoms with E-state index in [1.54, 1.807) is 0 Å². The lowest BCUT2D eigenvalue weighted by molar-refractivity contribution is -0.167. The number of carbonyl (C=O) groups excluding carboxylic acids is 2. The molecule has 18 heavy (non-hydrogen) atoms. The Morgan fingerprint density at radius 2 is 1.89 bits per heavy atom. The van der Waals surface area contributed by atoms with Crippen molar-refractivity contribution in [2.24, 2.45) is 5.92 Å². The summed E-state index contributed by atoms with van der Waals surface area (Å²) in [5.41, 5.74) is -1.22. The minimum absolute atomic E-state index is 0.175. The molecule has 2 heterocycles. The Balaban J connectivity index is 2.47. The van der Waals surface area contributed by atoms with Crippen LogP contribution in [-0.2, 0) is 19.2 Å². The van der Waals surface area contributed by atoms with Gasteiger partial charge in [-0.25, -0.2) is 4.79 Å². The normalized spacial score (nSPS) is 35.5. The van der Waals surface area contributed by atoms with Gasteiger partial charge in [-0.15, -0.1) is 0 Å². The fraction of sp³-hybridized carbons (Fsp3) is 0.636. The minimum Gasteiger partial charge on any atom is -0.481 e. The highest BCUT2D eigenvalue weighted by Crippen LogP contribution is 2.43. The summed E-state index contributed by atoms with van der Waals surface area (Å²) in [4.78, 5) is 46.9. The number of nitrogens with zero attached hydrogens (tertiary/aromatic N) is 1. The van der Waals surface area contributed by atoms with Crippen LogP contribution in [0.4, 0.5) is 0 Å². The second kappa shape index (κ2) is 3.79. The lowest BCUT2D eigenvalue weighted by Crippen LogP contribution is -2.62. The van der Waals surface area contributed by atoms with E-state index in [-0.39, 0.29) is 12.8 Å². The first-order chi connectivity index (χ1) is 8.29. The van der Waals surface area contributed by atoms with Gasteiger partial charge >= 0.3 is 11.9 Å². The quantitative estimate of drug-likeness (QED) is 0.643. The Kier molecular flexibility index (Phi) is 2.64. The van der Waals surface area contributed by atoms with E-state index >= 15 is 0 Å². The van der Waals surface area contributed by atoms with Crippen LogP contribution in [0.3, 0.4) is 0 Å². The first-order valence-corrected chi connectivity index (χ1v) is 5.59. The van der Waals surface area contributed by atoms with Crippen LogP contribution >= 0.6 is 0 Å². The van der Waals surface area contributed by atoms with Gasteiger partial charge in [0.25, 0.3) is 0 Å². The van der Waals surface area contributed by atoms with Crippen molar-refractivity contribution in [3.63, 3.8) is 0 Å². The molecule has 2 saturated heterocycles. The van der Waals surface area contributed by atoms with Crippen molar-refractivity contribution < 1.29 is 29.4 Å². The van der Waals surface area contributed by atoms with Crippen LogP contribution in [0.25, 0.3) is 0 Å².